The number of carbonyl (C=O) groups is 1. The third kappa shape index (κ3) is 3.41. The number of rotatable bonds is 5. The highest BCUT2D eigenvalue weighted by Gasteiger charge is 2.30. The van der Waals surface area contributed by atoms with Crippen LogP contribution in [0.4, 0.5) is 0 Å². The fraction of sp³-hybridized carbons (Fsp3) is 0.529. The molecular weight excluding hydrogens is 298 g/mol. The number of hydrogen-bond donors (Lipinski definition) is 0. The second-order valence-corrected chi connectivity index (χ2v) is 5.75. The van der Waals surface area contributed by atoms with Gasteiger partial charge in [-0.1, -0.05) is 5.16 Å². The third-order valence-corrected chi connectivity index (χ3v) is 4.23. The number of esters is 1. The van der Waals surface area contributed by atoms with Crippen molar-refractivity contribution in [2.75, 3.05) is 14.2 Å². The van der Waals surface area contributed by atoms with Crippen LogP contribution in [0.15, 0.2) is 23.4 Å². The molecule has 2 aliphatic rings. The lowest BCUT2D eigenvalue weighted by Gasteiger charge is -2.16. The molecular formula is C17H21NO5. The van der Waals surface area contributed by atoms with Gasteiger partial charge in [-0.2, -0.15) is 0 Å². The van der Waals surface area contributed by atoms with Crippen LogP contribution in [0.25, 0.3) is 0 Å². The molecule has 0 saturated heterocycles. The van der Waals surface area contributed by atoms with Gasteiger partial charge in [0.15, 0.2) is 11.5 Å². The maximum atomic E-state index is 11.5. The van der Waals surface area contributed by atoms with Crippen LogP contribution < -0.4 is 9.47 Å². The van der Waals surface area contributed by atoms with Gasteiger partial charge >= 0.3 is 5.97 Å². The van der Waals surface area contributed by atoms with Crippen LogP contribution in [0, 0.1) is 0 Å². The van der Waals surface area contributed by atoms with E-state index in [1.54, 1.807) is 7.11 Å². The summed E-state index contributed by atoms with van der Waals surface area (Å²) >= 11 is 0. The minimum absolute atomic E-state index is 0.240. The monoisotopic (exact) mass is 319 g/mol. The van der Waals surface area contributed by atoms with Crippen molar-refractivity contribution in [2.24, 2.45) is 5.16 Å². The summed E-state index contributed by atoms with van der Waals surface area (Å²) in [6.07, 6.45) is 4.51. The molecule has 0 N–H and O–H groups in total. The maximum absolute atomic E-state index is 11.5. The van der Waals surface area contributed by atoms with Gasteiger partial charge in [-0.15, -0.1) is 0 Å². The fourth-order valence-corrected chi connectivity index (χ4v) is 2.94. The van der Waals surface area contributed by atoms with E-state index < -0.39 is 12.1 Å². The fourth-order valence-electron chi connectivity index (χ4n) is 2.94. The zero-order valence-electron chi connectivity index (χ0n) is 13.4. The van der Waals surface area contributed by atoms with Gasteiger partial charge in [0, 0.05) is 12.0 Å². The zero-order chi connectivity index (χ0) is 16.2. The minimum atomic E-state index is -0.670. The first-order chi connectivity index (χ1) is 11.2. The Morgan fingerprint density at radius 3 is 2.70 bits per heavy atom. The molecule has 0 radical (unpaired) electrons. The molecule has 0 spiro atoms. The number of nitrogens with zero attached hydrogens (tertiary/aromatic N) is 1. The summed E-state index contributed by atoms with van der Waals surface area (Å²) in [4.78, 5) is 16.7. The summed E-state index contributed by atoms with van der Waals surface area (Å²) in [6, 6.07) is 5.65. The van der Waals surface area contributed by atoms with Crippen molar-refractivity contribution in [1.29, 1.82) is 0 Å². The highest BCUT2D eigenvalue weighted by atomic mass is 16.7. The Morgan fingerprint density at radius 1 is 1.22 bits per heavy atom. The molecule has 1 fully saturated rings. The Hall–Kier alpha value is -2.24. The number of carbonyl (C=O) groups excluding carboxylic acids is 1. The van der Waals surface area contributed by atoms with Gasteiger partial charge in [-0.3, -0.25) is 0 Å². The molecule has 1 aliphatic heterocycles. The van der Waals surface area contributed by atoms with Crippen LogP contribution in [-0.4, -0.2) is 38.1 Å². The molecule has 1 unspecified atom stereocenters. The lowest BCUT2D eigenvalue weighted by Crippen LogP contribution is -2.22. The lowest BCUT2D eigenvalue weighted by molar-refractivity contribution is -0.152. The molecule has 1 saturated carbocycles. The van der Waals surface area contributed by atoms with E-state index in [9.17, 15) is 4.79 Å². The molecule has 0 aromatic heterocycles. The van der Waals surface area contributed by atoms with Gasteiger partial charge in [-0.25, -0.2) is 4.79 Å². The zero-order valence-corrected chi connectivity index (χ0v) is 13.4. The lowest BCUT2D eigenvalue weighted by atomic mass is 10.0. The van der Waals surface area contributed by atoms with Crippen LogP contribution >= 0.6 is 0 Å². The second kappa shape index (κ2) is 6.89. The molecule has 1 aromatic rings. The molecule has 1 heterocycles. The summed E-state index contributed by atoms with van der Waals surface area (Å²) in [5, 5.41) is 4.00. The van der Waals surface area contributed by atoms with Gasteiger partial charge in [-0.05, 0) is 43.9 Å². The van der Waals surface area contributed by atoms with Crippen molar-refractivity contribution in [1.82, 2.24) is 0 Å². The van der Waals surface area contributed by atoms with E-state index in [1.165, 1.54) is 20.0 Å². The highest BCUT2D eigenvalue weighted by molar-refractivity contribution is 6.03. The van der Waals surface area contributed by atoms with Gasteiger partial charge in [0.05, 0.1) is 26.0 Å². The number of ether oxygens (including phenoxy) is 3. The van der Waals surface area contributed by atoms with Crippen molar-refractivity contribution in [2.45, 2.75) is 44.3 Å². The van der Waals surface area contributed by atoms with Crippen LogP contribution in [0.5, 0.6) is 11.5 Å². The Kier molecular flexibility index (Phi) is 4.69. The number of oxime groups is 1. The average Bonchev–Trinajstić information content (AvgIpc) is 3.25. The molecule has 6 heteroatoms. The second-order valence-electron chi connectivity index (χ2n) is 5.75. The normalized spacial score (nSPS) is 20.8. The Balaban J connectivity index is 1.76. The quantitative estimate of drug-likeness (QED) is 0.781. The molecule has 124 valence electrons. The molecule has 1 atom stereocenters. The molecule has 0 bridgehead atoms. The largest absolute Gasteiger partial charge is 0.493 e. The van der Waals surface area contributed by atoms with Crippen LogP contribution in [-0.2, 0) is 14.4 Å². The standard InChI is InChI=1S/C17H21NO5/c1-20-14-8-7-11(9-15(14)22-12-5-3-4-6-12)13-10-16(23-18-13)17(19)21-2/h7-9,12,16H,3-6,10H2,1-2H3. The van der Waals surface area contributed by atoms with Crippen molar-refractivity contribution < 1.29 is 23.8 Å². The van der Waals surface area contributed by atoms with Crippen molar-refractivity contribution in [3.05, 3.63) is 23.8 Å². The van der Waals surface area contributed by atoms with E-state index in [1.807, 2.05) is 18.2 Å². The smallest absolute Gasteiger partial charge is 0.350 e. The molecule has 3 rings (SSSR count). The topological polar surface area (TPSA) is 66.4 Å². The van der Waals surface area contributed by atoms with Crippen LogP contribution in [0.2, 0.25) is 0 Å². The number of benzene rings is 1. The molecule has 0 amide bonds. The van der Waals surface area contributed by atoms with E-state index in [0.717, 1.165) is 18.4 Å². The Labute approximate surface area is 135 Å². The number of hydrogen-bond acceptors (Lipinski definition) is 6. The predicted octanol–water partition coefficient (Wildman–Crippen LogP) is 2.68. The van der Waals surface area contributed by atoms with Crippen molar-refractivity contribution in [3.63, 3.8) is 0 Å². The van der Waals surface area contributed by atoms with Gasteiger partial charge in [0.25, 0.3) is 0 Å². The Bertz CT molecular complexity index is 607. The van der Waals surface area contributed by atoms with E-state index >= 15 is 0 Å². The first-order valence-corrected chi connectivity index (χ1v) is 7.87. The van der Waals surface area contributed by atoms with Crippen molar-refractivity contribution >= 4 is 11.7 Å². The van der Waals surface area contributed by atoms with E-state index in [2.05, 4.69) is 9.89 Å². The average molecular weight is 319 g/mol. The van der Waals surface area contributed by atoms with Crippen LogP contribution in [0.1, 0.15) is 37.7 Å². The third-order valence-electron chi connectivity index (χ3n) is 4.23. The molecule has 1 aliphatic carbocycles. The number of methoxy groups -OCH3 is 2. The first-order valence-electron chi connectivity index (χ1n) is 7.87. The Morgan fingerprint density at radius 2 is 2.00 bits per heavy atom. The van der Waals surface area contributed by atoms with Gasteiger partial charge < -0.3 is 19.0 Å². The van der Waals surface area contributed by atoms with Crippen LogP contribution in [0.3, 0.4) is 0 Å². The summed E-state index contributed by atoms with van der Waals surface area (Å²) in [5.74, 6) is 0.991. The molecule has 23 heavy (non-hydrogen) atoms. The summed E-state index contributed by atoms with van der Waals surface area (Å²) in [7, 11) is 2.96. The predicted molar refractivity (Wildman–Crippen MR) is 83.9 cm³/mol. The molecule has 6 nitrogen and oxygen atoms in total. The van der Waals surface area contributed by atoms with Crippen molar-refractivity contribution in [3.8, 4) is 11.5 Å². The maximum Gasteiger partial charge on any atom is 0.350 e. The van der Waals surface area contributed by atoms with E-state index in [0.29, 0.717) is 23.6 Å². The summed E-state index contributed by atoms with van der Waals surface area (Å²) < 4.78 is 16.1. The SMILES string of the molecule is COC(=O)C1CC(c2ccc(OC)c(OC3CCCC3)c2)=NO1. The summed E-state index contributed by atoms with van der Waals surface area (Å²) in [5.41, 5.74) is 1.57. The minimum Gasteiger partial charge on any atom is -0.493 e. The molecule has 1 aromatic carbocycles. The van der Waals surface area contributed by atoms with E-state index in [4.69, 9.17) is 14.3 Å². The van der Waals surface area contributed by atoms with Gasteiger partial charge in [0.2, 0.25) is 6.10 Å². The first kappa shape index (κ1) is 15.6. The summed E-state index contributed by atoms with van der Waals surface area (Å²) in [6.45, 7) is 0. The highest BCUT2D eigenvalue weighted by Crippen LogP contribution is 2.33. The van der Waals surface area contributed by atoms with Gasteiger partial charge in [0.1, 0.15) is 0 Å². The van der Waals surface area contributed by atoms with E-state index in [-0.39, 0.29) is 6.10 Å².